The Balaban J connectivity index is 0.825. The number of hydrogen-bond acceptors (Lipinski definition) is 28. The number of ether oxygens (including phenoxy) is 11. The van der Waals surface area contributed by atoms with Crippen LogP contribution >= 0.6 is 0 Å². The summed E-state index contributed by atoms with van der Waals surface area (Å²) in [6.45, 7) is 7.05. The van der Waals surface area contributed by atoms with Gasteiger partial charge in [-0.25, -0.2) is 29.0 Å². The Morgan fingerprint density at radius 2 is 0.981 bits per heavy atom. The highest BCUT2D eigenvalue weighted by Gasteiger charge is 2.52. The molecule has 6 heterocycles. The van der Waals surface area contributed by atoms with Crippen molar-refractivity contribution in [2.75, 3.05) is 83.7 Å². The van der Waals surface area contributed by atoms with Crippen LogP contribution in [0.15, 0.2) is 90.1 Å². The van der Waals surface area contributed by atoms with Crippen LogP contribution in [0, 0.1) is 0 Å². The molecule has 0 radical (unpaired) electrons. The maximum atomic E-state index is 14.6. The molecular formula is C69H81N9O29. The van der Waals surface area contributed by atoms with Gasteiger partial charge in [-0.2, -0.15) is 0 Å². The molecule has 4 aromatic rings. The molecular weight excluding hydrogens is 1420 g/mol. The second kappa shape index (κ2) is 34.7. The van der Waals surface area contributed by atoms with E-state index in [9.17, 15) is 89.4 Å². The number of rotatable bonds is 29. The number of anilines is 2. The second-order valence-electron chi connectivity index (χ2n) is 25.6. The summed E-state index contributed by atoms with van der Waals surface area (Å²) in [5.41, 5.74) is 9.24. The average molecular weight is 1500 g/mol. The summed E-state index contributed by atoms with van der Waals surface area (Å²) < 4.78 is 62.5. The Kier molecular flexibility index (Phi) is 25.6. The summed E-state index contributed by atoms with van der Waals surface area (Å²) in [6.07, 6.45) is -24.3. The van der Waals surface area contributed by atoms with Crippen LogP contribution in [0.2, 0.25) is 0 Å². The number of benzene rings is 4. The van der Waals surface area contributed by atoms with Gasteiger partial charge in [0.05, 0.1) is 79.8 Å². The third-order valence-corrected chi connectivity index (χ3v) is 18.4. The summed E-state index contributed by atoms with van der Waals surface area (Å²) in [5.74, 6) is -6.45. The van der Waals surface area contributed by atoms with Gasteiger partial charge in [-0.15, -0.1) is 0 Å². The molecule has 6 aliphatic heterocycles. The highest BCUT2D eigenvalue weighted by Crippen LogP contribution is 2.45. The fourth-order valence-corrected chi connectivity index (χ4v) is 12.8. The van der Waals surface area contributed by atoms with Gasteiger partial charge in [0.1, 0.15) is 61.3 Å². The summed E-state index contributed by atoms with van der Waals surface area (Å²) in [6, 6.07) is 11.0. The lowest BCUT2D eigenvalue weighted by molar-refractivity contribution is -0.271. The van der Waals surface area contributed by atoms with Gasteiger partial charge in [-0.3, -0.25) is 19.2 Å². The van der Waals surface area contributed by atoms with Gasteiger partial charge in [-0.1, -0.05) is 41.6 Å². The Bertz CT molecular complexity index is 4100. The molecule has 10 rings (SSSR count). The normalized spacial score (nSPS) is 25.1. The number of amides is 6. The largest absolute Gasteiger partial charge is 0.493 e. The Hall–Kier alpha value is -10.6. The highest BCUT2D eigenvalue weighted by atomic mass is 16.7. The van der Waals surface area contributed by atoms with E-state index < -0.39 is 147 Å². The van der Waals surface area contributed by atoms with Gasteiger partial charge in [0.2, 0.25) is 12.6 Å². The maximum Gasteiger partial charge on any atom is 0.416 e. The molecule has 12 N–H and O–H groups in total. The first kappa shape index (κ1) is 79.0. The van der Waals surface area contributed by atoms with Crippen molar-refractivity contribution in [3.8, 4) is 34.5 Å². The van der Waals surface area contributed by atoms with Crippen molar-refractivity contribution in [1.29, 1.82) is 0 Å². The van der Waals surface area contributed by atoms with Gasteiger partial charge in [0, 0.05) is 56.9 Å². The lowest BCUT2D eigenvalue weighted by Gasteiger charge is -2.38. The molecule has 38 heteroatoms. The summed E-state index contributed by atoms with van der Waals surface area (Å²) in [7, 11) is 4.07. The van der Waals surface area contributed by atoms with Crippen LogP contribution in [0.4, 0.5) is 21.0 Å². The summed E-state index contributed by atoms with van der Waals surface area (Å²) in [4.78, 5) is 116. The molecule has 0 aromatic heterocycles. The molecule has 4 saturated heterocycles. The molecule has 0 bridgehead atoms. The minimum atomic E-state index is -2.05. The van der Waals surface area contributed by atoms with Crippen molar-refractivity contribution in [3.05, 3.63) is 129 Å². The number of nitrogens with one attached hydrogen (secondary N) is 2. The lowest BCUT2D eigenvalue weighted by Crippen LogP contribution is -2.61. The van der Waals surface area contributed by atoms with Gasteiger partial charge in [0.15, 0.2) is 47.7 Å². The van der Waals surface area contributed by atoms with E-state index in [0.717, 1.165) is 9.80 Å². The van der Waals surface area contributed by atoms with Crippen molar-refractivity contribution in [3.63, 3.8) is 0 Å². The number of methoxy groups -OCH3 is 3. The van der Waals surface area contributed by atoms with Crippen LogP contribution in [0.1, 0.15) is 91.1 Å². The van der Waals surface area contributed by atoms with Crippen LogP contribution in [0.25, 0.3) is 10.4 Å². The number of carboxylic acids is 2. The molecule has 38 nitrogen and oxygen atoms in total. The van der Waals surface area contributed by atoms with E-state index in [4.69, 9.17) is 57.6 Å². The van der Waals surface area contributed by atoms with Gasteiger partial charge in [0.25, 0.3) is 23.6 Å². The molecule has 0 saturated carbocycles. The van der Waals surface area contributed by atoms with E-state index in [-0.39, 0.29) is 151 Å². The number of azide groups is 1. The molecule has 4 aromatic carbocycles. The zero-order valence-electron chi connectivity index (χ0n) is 57.9. The number of aliphatic hydroxyl groups is 8. The van der Waals surface area contributed by atoms with Crippen LogP contribution in [0.5, 0.6) is 34.5 Å². The maximum absolute atomic E-state index is 14.6. The first-order chi connectivity index (χ1) is 51.2. The highest BCUT2D eigenvalue weighted by molar-refractivity contribution is 6.07. The molecule has 107 heavy (non-hydrogen) atoms. The van der Waals surface area contributed by atoms with Gasteiger partial charge >= 0.3 is 24.1 Å². The number of carbonyl (C=O) groups excluding carboxylic acids is 6. The summed E-state index contributed by atoms with van der Waals surface area (Å²) in [5, 5.41) is 115. The Labute approximate surface area is 608 Å². The van der Waals surface area contributed by atoms with Crippen molar-refractivity contribution >= 4 is 59.1 Å². The Morgan fingerprint density at radius 1 is 0.551 bits per heavy atom. The molecule has 576 valence electrons. The first-order valence-corrected chi connectivity index (χ1v) is 33.6. The third kappa shape index (κ3) is 17.3. The second-order valence-corrected chi connectivity index (χ2v) is 25.6. The number of carboxylic acid groups (broad SMARTS) is 2. The Morgan fingerprint density at radius 3 is 1.38 bits per heavy atom. The fraction of sp³-hybridized carbons (Fsp3) is 0.478. The molecule has 0 aliphatic carbocycles. The van der Waals surface area contributed by atoms with Crippen molar-refractivity contribution in [1.82, 2.24) is 20.4 Å². The number of nitrogens with zero attached hydrogens (tertiary/aromatic N) is 7. The van der Waals surface area contributed by atoms with E-state index in [2.05, 4.69) is 33.8 Å². The van der Waals surface area contributed by atoms with E-state index >= 15 is 0 Å². The standard InChI is InChI=1S/C69H81N9O29/c1-32-20-42-62(89)77(68(95)102-30-34-10-12-44(38(22-34)58(85)71-14-9-15-73-74-70)104-66-54(83)50(79)52(81)56(106-66)64(91)92)40-26-48(46(98-4)24-36(40)60(87)75(42)28-32)100-17-7-6-8-18-101-49-27-41-37(25-47(49)99-5)61(88)76-29-33(2)21-43(76)63(90)78(41)69(96)103-31-35-11-13-45(39(23-35)59(86)72-16-19-97-3)105-67-55(84)51(80)53(82)57(107-67)65(93)94/h10-13,22-27,42-43,50-57,62-63,66-67,79-84,89-90H,1-2,6-9,14-21,28-31H2,3-5H3,(H,71,85)(H,72,86)(H,91,92)(H,93,94)/t42-,43?,50-,51-,52-,53-,54+,55+,56-,57-,62?,63?,66+,67+/m0/s1. The predicted molar refractivity (Wildman–Crippen MR) is 363 cm³/mol. The number of fused-ring (bicyclic) bond motifs is 4. The molecule has 0 spiro atoms. The first-order valence-electron chi connectivity index (χ1n) is 33.6. The van der Waals surface area contributed by atoms with Crippen LogP contribution < -0.4 is 48.9 Å². The van der Waals surface area contributed by atoms with Gasteiger partial charge in [-0.05, 0) is 91.6 Å². The number of hydrogen-bond donors (Lipinski definition) is 12. The number of carbonyl (C=O) groups is 8. The lowest BCUT2D eigenvalue weighted by atomic mass is 9.99. The molecule has 6 aliphatic rings. The third-order valence-electron chi connectivity index (χ3n) is 18.4. The van der Waals surface area contributed by atoms with Crippen molar-refractivity contribution in [2.24, 2.45) is 5.11 Å². The zero-order valence-corrected chi connectivity index (χ0v) is 57.9. The SMILES string of the molecule is C=C1CC2C(O)N(C(=O)OCc3ccc(O[C@@H]4O[C@H](C(=O)O)[C@@H](O)[C@H](O)[C@H]4O)c(C(=O)NCCOC)c3)c3cc(OCCCCCOc4cc5c(cc4OC)C(=O)N4CC(=C)C[C@H]4C(O)N5C(=O)OCc4ccc(O[C@@H]5O[C@H](C(=O)O)[C@@H](O)[C@H](O)[C@H]5O)c(C(=O)NCCCN=[N+]=[N-])c4)c(OC)cc3C(=O)N2C1. The molecule has 14 atom stereocenters. The van der Waals surface area contributed by atoms with E-state index in [1.165, 1.54) is 91.8 Å². The zero-order chi connectivity index (χ0) is 77.2. The van der Waals surface area contributed by atoms with Crippen LogP contribution in [-0.4, -0.2) is 268 Å². The van der Waals surface area contributed by atoms with Crippen molar-refractivity contribution < 1.29 is 142 Å². The quantitative estimate of drug-likeness (QED) is 0.0119. The molecule has 4 fully saturated rings. The number of unbranched alkanes of at least 4 members (excludes halogenated alkanes) is 2. The van der Waals surface area contributed by atoms with E-state index in [0.29, 0.717) is 30.4 Å². The fourth-order valence-electron chi connectivity index (χ4n) is 12.8. The van der Waals surface area contributed by atoms with E-state index in [1.807, 2.05) is 0 Å². The summed E-state index contributed by atoms with van der Waals surface area (Å²) >= 11 is 0. The predicted octanol–water partition coefficient (Wildman–Crippen LogP) is 1.17. The smallest absolute Gasteiger partial charge is 0.416 e. The molecule has 6 amide bonds. The minimum Gasteiger partial charge on any atom is -0.493 e. The average Bonchev–Trinajstić information content (AvgIpc) is 1.63. The van der Waals surface area contributed by atoms with Crippen LogP contribution in [-0.2, 0) is 46.5 Å². The van der Waals surface area contributed by atoms with E-state index in [1.54, 1.807) is 0 Å². The molecule has 3 unspecified atom stereocenters. The van der Waals surface area contributed by atoms with Gasteiger partial charge < -0.3 is 124 Å². The monoisotopic (exact) mass is 1500 g/mol. The van der Waals surface area contributed by atoms with Crippen LogP contribution in [0.3, 0.4) is 0 Å². The number of aliphatic carboxylic acids is 2. The minimum absolute atomic E-state index is 0.000461. The van der Waals surface area contributed by atoms with Crippen molar-refractivity contribution in [2.45, 2.75) is 138 Å². The number of aliphatic hydroxyl groups excluding tert-OH is 8. The topological polar surface area (TPSA) is 526 Å².